The first kappa shape index (κ1) is 19.0. The number of rotatable bonds is 3. The first-order valence-corrected chi connectivity index (χ1v) is 11.6. The van der Waals surface area contributed by atoms with Crippen LogP contribution in [0.2, 0.25) is 10.0 Å². The molecule has 0 unspecified atom stereocenters. The van der Waals surface area contributed by atoms with Gasteiger partial charge in [0.2, 0.25) is 9.84 Å². The highest BCUT2D eigenvalue weighted by Gasteiger charge is 2.24. The van der Waals surface area contributed by atoms with Gasteiger partial charge in [0.25, 0.3) is 0 Å². The van der Waals surface area contributed by atoms with Crippen molar-refractivity contribution in [1.29, 1.82) is 0 Å². The number of aromatic nitrogens is 1. The van der Waals surface area contributed by atoms with E-state index in [1.807, 2.05) is 6.07 Å². The second-order valence-electron chi connectivity index (χ2n) is 6.28. The van der Waals surface area contributed by atoms with Crippen LogP contribution in [0.1, 0.15) is 6.42 Å². The van der Waals surface area contributed by atoms with Crippen LogP contribution in [0, 0.1) is 0 Å². The Balaban J connectivity index is 1.79. The Morgan fingerprint density at radius 2 is 1.93 bits per heavy atom. The van der Waals surface area contributed by atoms with Gasteiger partial charge in [-0.3, -0.25) is 0 Å². The summed E-state index contributed by atoms with van der Waals surface area (Å²) < 4.78 is 27.3. The van der Waals surface area contributed by atoms with E-state index in [4.69, 9.17) is 23.2 Å². The minimum Gasteiger partial charge on any atom is -0.355 e. The van der Waals surface area contributed by atoms with Crippen LogP contribution >= 0.6 is 34.5 Å². The van der Waals surface area contributed by atoms with Gasteiger partial charge in [-0.2, -0.15) is 0 Å². The van der Waals surface area contributed by atoms with E-state index in [1.165, 1.54) is 29.5 Å². The fourth-order valence-electron chi connectivity index (χ4n) is 3.13. The van der Waals surface area contributed by atoms with Gasteiger partial charge in [-0.1, -0.05) is 23.2 Å². The lowest BCUT2D eigenvalue weighted by Gasteiger charge is -2.21. The minimum atomic E-state index is -3.68. The molecule has 3 heterocycles. The number of benzene rings is 1. The van der Waals surface area contributed by atoms with Crippen LogP contribution in [-0.4, -0.2) is 39.6 Å². The molecule has 3 aromatic rings. The molecule has 5 nitrogen and oxygen atoms in total. The van der Waals surface area contributed by atoms with Crippen LogP contribution in [0.5, 0.6) is 0 Å². The minimum absolute atomic E-state index is 0.136. The molecule has 0 spiro atoms. The average Bonchev–Trinajstić information content (AvgIpc) is 2.92. The van der Waals surface area contributed by atoms with Crippen molar-refractivity contribution >= 4 is 60.3 Å². The molecule has 0 aliphatic carbocycles. The third kappa shape index (κ3) is 3.67. The zero-order valence-corrected chi connectivity index (χ0v) is 17.4. The van der Waals surface area contributed by atoms with Gasteiger partial charge < -0.3 is 10.2 Å². The van der Waals surface area contributed by atoms with Gasteiger partial charge in [-0.25, -0.2) is 13.4 Å². The summed E-state index contributed by atoms with van der Waals surface area (Å²) in [6.45, 7) is 3.60. The molecule has 1 N–H and O–H groups in total. The molecule has 1 aromatic carbocycles. The van der Waals surface area contributed by atoms with Gasteiger partial charge in [0, 0.05) is 35.9 Å². The second kappa shape index (κ2) is 7.56. The van der Waals surface area contributed by atoms with E-state index in [1.54, 1.807) is 12.3 Å². The van der Waals surface area contributed by atoms with Crippen molar-refractivity contribution in [3.05, 3.63) is 46.6 Å². The van der Waals surface area contributed by atoms with Crippen molar-refractivity contribution < 1.29 is 8.42 Å². The molecule has 27 heavy (non-hydrogen) atoms. The number of pyridine rings is 1. The van der Waals surface area contributed by atoms with E-state index in [0.29, 0.717) is 5.02 Å². The third-order valence-electron chi connectivity index (χ3n) is 4.51. The molecule has 0 radical (unpaired) electrons. The van der Waals surface area contributed by atoms with Gasteiger partial charge in [0.1, 0.15) is 10.0 Å². The quantitative estimate of drug-likeness (QED) is 0.658. The van der Waals surface area contributed by atoms with Gasteiger partial charge >= 0.3 is 0 Å². The maximum absolute atomic E-state index is 13.1. The molecule has 1 saturated heterocycles. The number of nitrogens with zero attached hydrogens (tertiary/aromatic N) is 2. The van der Waals surface area contributed by atoms with Crippen molar-refractivity contribution in [2.45, 2.75) is 15.5 Å². The normalized spacial score (nSPS) is 15.9. The lowest BCUT2D eigenvalue weighted by Crippen LogP contribution is -2.28. The van der Waals surface area contributed by atoms with E-state index >= 15 is 0 Å². The molecule has 0 saturated carbocycles. The molecule has 142 valence electrons. The van der Waals surface area contributed by atoms with Crippen LogP contribution in [0.3, 0.4) is 0 Å². The molecule has 1 fully saturated rings. The van der Waals surface area contributed by atoms with E-state index in [9.17, 15) is 8.42 Å². The van der Waals surface area contributed by atoms with Crippen molar-refractivity contribution in [2.24, 2.45) is 0 Å². The summed E-state index contributed by atoms with van der Waals surface area (Å²) in [5.74, 6) is 0.836. The van der Waals surface area contributed by atoms with Crippen LogP contribution in [0.15, 0.2) is 45.6 Å². The summed E-state index contributed by atoms with van der Waals surface area (Å²) in [5.41, 5.74) is 0. The Kier molecular flexibility index (Phi) is 5.31. The number of sulfone groups is 1. The fourth-order valence-corrected chi connectivity index (χ4v) is 6.30. The number of anilines is 1. The Morgan fingerprint density at radius 3 is 2.74 bits per heavy atom. The predicted molar refractivity (Wildman–Crippen MR) is 111 cm³/mol. The number of thiophene rings is 1. The smallest absolute Gasteiger partial charge is 0.216 e. The Morgan fingerprint density at radius 1 is 1.07 bits per heavy atom. The lowest BCUT2D eigenvalue weighted by atomic mass is 10.3. The van der Waals surface area contributed by atoms with E-state index in [-0.39, 0.29) is 14.1 Å². The van der Waals surface area contributed by atoms with Crippen LogP contribution in [0.4, 0.5) is 5.82 Å². The Bertz CT molecular complexity index is 1090. The van der Waals surface area contributed by atoms with Crippen molar-refractivity contribution in [3.63, 3.8) is 0 Å². The second-order valence-corrected chi connectivity index (χ2v) is 10.4. The number of fused-ring (bicyclic) bond motifs is 1. The predicted octanol–water partition coefficient (Wildman–Crippen LogP) is 4.24. The maximum atomic E-state index is 13.1. The Hall–Kier alpha value is -1.38. The van der Waals surface area contributed by atoms with E-state index < -0.39 is 9.84 Å². The number of halogens is 2. The van der Waals surface area contributed by atoms with Gasteiger partial charge in [0.15, 0.2) is 0 Å². The SMILES string of the molecule is O=S(=O)(c1ccc(Cl)c(Cl)c1)c1cc2c(N3CCCNCC3)nccc2s1. The van der Waals surface area contributed by atoms with Gasteiger partial charge in [-0.15, -0.1) is 11.3 Å². The molecular formula is C18H17Cl2N3O2S2. The highest BCUT2D eigenvalue weighted by atomic mass is 35.5. The van der Waals surface area contributed by atoms with Crippen molar-refractivity contribution in [1.82, 2.24) is 10.3 Å². The van der Waals surface area contributed by atoms with Crippen LogP contribution < -0.4 is 10.2 Å². The summed E-state index contributed by atoms with van der Waals surface area (Å²) in [5, 5.41) is 4.78. The molecule has 2 aromatic heterocycles. The average molecular weight is 442 g/mol. The summed E-state index contributed by atoms with van der Waals surface area (Å²) >= 11 is 13.2. The lowest BCUT2D eigenvalue weighted by molar-refractivity contribution is 0.598. The molecular weight excluding hydrogens is 425 g/mol. The van der Waals surface area contributed by atoms with E-state index in [0.717, 1.165) is 48.5 Å². The molecule has 0 atom stereocenters. The highest BCUT2D eigenvalue weighted by molar-refractivity contribution is 7.93. The monoisotopic (exact) mass is 441 g/mol. The summed E-state index contributed by atoms with van der Waals surface area (Å²) in [6, 6.07) is 7.95. The molecule has 1 aliphatic rings. The molecule has 0 bridgehead atoms. The zero-order chi connectivity index (χ0) is 19.0. The number of hydrogen-bond donors (Lipinski definition) is 1. The van der Waals surface area contributed by atoms with Crippen molar-refractivity contribution in [3.8, 4) is 0 Å². The fraction of sp³-hybridized carbons (Fsp3) is 0.278. The molecule has 9 heteroatoms. The van der Waals surface area contributed by atoms with Gasteiger partial charge in [0.05, 0.1) is 14.9 Å². The van der Waals surface area contributed by atoms with Crippen LogP contribution in [0.25, 0.3) is 10.1 Å². The summed E-state index contributed by atoms with van der Waals surface area (Å²) in [7, 11) is -3.68. The highest BCUT2D eigenvalue weighted by Crippen LogP contribution is 2.37. The molecule has 4 rings (SSSR count). The Labute approximate surface area is 171 Å². The largest absolute Gasteiger partial charge is 0.355 e. The van der Waals surface area contributed by atoms with Gasteiger partial charge in [-0.05, 0) is 43.3 Å². The summed E-state index contributed by atoms with van der Waals surface area (Å²) in [4.78, 5) is 6.89. The molecule has 1 aliphatic heterocycles. The third-order valence-corrected chi connectivity index (χ3v) is 8.57. The number of nitrogens with one attached hydrogen (secondary N) is 1. The number of hydrogen-bond acceptors (Lipinski definition) is 6. The van der Waals surface area contributed by atoms with Crippen molar-refractivity contribution in [2.75, 3.05) is 31.1 Å². The topological polar surface area (TPSA) is 62.3 Å². The standard InChI is InChI=1S/C18H17Cl2N3O2S2/c19-14-3-2-12(10-15(14)20)27(24,25)17-11-13-16(26-17)4-6-22-18(13)23-8-1-5-21-7-9-23/h2-4,6,10-11,21H,1,5,7-9H2. The van der Waals surface area contributed by atoms with E-state index in [2.05, 4.69) is 15.2 Å². The maximum Gasteiger partial charge on any atom is 0.216 e. The molecule has 0 amide bonds. The summed E-state index contributed by atoms with van der Waals surface area (Å²) in [6.07, 6.45) is 2.76. The first-order valence-electron chi connectivity index (χ1n) is 8.51. The first-order chi connectivity index (χ1) is 13.0. The zero-order valence-electron chi connectivity index (χ0n) is 14.3. The van der Waals surface area contributed by atoms with Crippen LogP contribution in [-0.2, 0) is 9.84 Å².